The van der Waals surface area contributed by atoms with E-state index in [1.165, 1.54) is 0 Å². The summed E-state index contributed by atoms with van der Waals surface area (Å²) in [5, 5.41) is 20.1. The van der Waals surface area contributed by atoms with Crippen LogP contribution >= 0.6 is 23.5 Å². The maximum absolute atomic E-state index is 12.5. The van der Waals surface area contributed by atoms with Crippen LogP contribution in [0.1, 0.15) is 146 Å². The number of phenols is 1. The molecule has 0 unspecified atom stereocenters. The maximum atomic E-state index is 12.5. The first kappa shape index (κ1) is 40.9. The Bertz CT molecular complexity index is 1290. The fourth-order valence-corrected chi connectivity index (χ4v) is 7.04. The third kappa shape index (κ3) is 14.0. The standard InChI is InChI=1S/C33H48O5S2.C5H12/c1-13-20-16-21(19-25(32(8,9)10)29(20)38-27(36)15-14-26(34)35)39-33(11,12)40-22-17-23(30(2,3)4)28(37)24(18-22)31(5,6)7;1-5(2,3)4/h16-19,37H,13-15H2,1-12H3,(H,34,35);1-4H3. The lowest BCUT2D eigenvalue weighted by Gasteiger charge is -2.31. The van der Waals surface area contributed by atoms with Crippen LogP contribution in [0.3, 0.4) is 0 Å². The van der Waals surface area contributed by atoms with Crippen LogP contribution in [0.5, 0.6) is 11.5 Å². The van der Waals surface area contributed by atoms with Gasteiger partial charge in [-0.3, -0.25) is 9.59 Å². The number of esters is 1. The summed E-state index contributed by atoms with van der Waals surface area (Å²) in [7, 11) is 0. The SMILES string of the molecule is CC(C)(C)C.CCc1cc(SC(C)(C)Sc2cc(C(C)(C)C)c(O)c(C(C)(C)C)c2)cc(C(C)(C)C)c1OC(=O)CCC(=O)O. The van der Waals surface area contributed by atoms with Gasteiger partial charge in [-0.05, 0) is 71.8 Å². The Hall–Kier alpha value is -2.12. The van der Waals surface area contributed by atoms with Crippen molar-refractivity contribution in [3.8, 4) is 11.5 Å². The molecule has 0 heterocycles. The maximum Gasteiger partial charge on any atom is 0.311 e. The number of hydrogen-bond acceptors (Lipinski definition) is 6. The molecule has 0 aromatic heterocycles. The van der Waals surface area contributed by atoms with Crippen LogP contribution in [0, 0.1) is 5.41 Å². The summed E-state index contributed by atoms with van der Waals surface area (Å²) < 4.78 is 5.54. The van der Waals surface area contributed by atoms with E-state index in [4.69, 9.17) is 9.84 Å². The Morgan fingerprint density at radius 3 is 1.40 bits per heavy atom. The average molecular weight is 661 g/mol. The van der Waals surface area contributed by atoms with E-state index in [2.05, 4.69) is 128 Å². The zero-order valence-electron chi connectivity index (χ0n) is 30.9. The quantitative estimate of drug-likeness (QED) is 0.120. The van der Waals surface area contributed by atoms with E-state index in [9.17, 15) is 14.7 Å². The fourth-order valence-electron chi connectivity index (χ4n) is 4.43. The van der Waals surface area contributed by atoms with Crippen LogP contribution in [0.15, 0.2) is 34.1 Å². The third-order valence-electron chi connectivity index (χ3n) is 6.51. The predicted octanol–water partition coefficient (Wildman–Crippen LogP) is 11.3. The van der Waals surface area contributed by atoms with Gasteiger partial charge in [-0.2, -0.15) is 0 Å². The minimum atomic E-state index is -1.02. The molecular formula is C38H60O5S2. The molecule has 0 saturated heterocycles. The van der Waals surface area contributed by atoms with Crippen LogP contribution in [0.2, 0.25) is 0 Å². The van der Waals surface area contributed by atoms with Crippen molar-refractivity contribution < 1.29 is 24.5 Å². The summed E-state index contributed by atoms with van der Waals surface area (Å²) in [6.07, 6.45) is 0.256. The number of benzene rings is 2. The highest BCUT2D eigenvalue weighted by Gasteiger charge is 2.30. The molecule has 2 N–H and O–H groups in total. The minimum absolute atomic E-state index is 0.165. The number of aliphatic carboxylic acids is 1. The highest BCUT2D eigenvalue weighted by Crippen LogP contribution is 2.50. The van der Waals surface area contributed by atoms with Gasteiger partial charge in [-0.25, -0.2) is 0 Å². The van der Waals surface area contributed by atoms with Gasteiger partial charge in [0.2, 0.25) is 0 Å². The molecule has 0 aliphatic carbocycles. The Morgan fingerprint density at radius 2 is 1.04 bits per heavy atom. The van der Waals surface area contributed by atoms with Crippen LogP contribution in [0.25, 0.3) is 0 Å². The molecule has 0 aliphatic heterocycles. The predicted molar refractivity (Wildman–Crippen MR) is 193 cm³/mol. The minimum Gasteiger partial charge on any atom is -0.507 e. The smallest absolute Gasteiger partial charge is 0.311 e. The number of thioether (sulfide) groups is 2. The second-order valence-corrected chi connectivity index (χ2v) is 20.6. The first-order valence-corrected chi connectivity index (χ1v) is 17.5. The number of carbonyl (C=O) groups excluding carboxylic acids is 1. The Balaban J connectivity index is 0.00000187. The molecule has 0 atom stereocenters. The van der Waals surface area contributed by atoms with Crippen LogP contribution in [0.4, 0.5) is 0 Å². The summed E-state index contributed by atoms with van der Waals surface area (Å²) in [6, 6.07) is 8.43. The molecule has 0 bridgehead atoms. The number of phenolic OH excluding ortho intramolecular Hbond substituents is 1. The molecule has 7 heteroatoms. The number of aromatic hydroxyl groups is 1. The molecule has 0 spiro atoms. The van der Waals surface area contributed by atoms with Gasteiger partial charge in [0.15, 0.2) is 0 Å². The van der Waals surface area contributed by atoms with Crippen molar-refractivity contribution in [2.75, 3.05) is 0 Å². The second kappa shape index (κ2) is 15.2. The lowest BCUT2D eigenvalue weighted by Crippen LogP contribution is -2.19. The monoisotopic (exact) mass is 660 g/mol. The van der Waals surface area contributed by atoms with E-state index < -0.39 is 11.9 Å². The first-order chi connectivity index (χ1) is 20.0. The number of rotatable bonds is 9. The second-order valence-electron chi connectivity index (χ2n) is 16.9. The molecule has 0 radical (unpaired) electrons. The zero-order chi connectivity index (χ0) is 35.3. The van der Waals surface area contributed by atoms with E-state index >= 15 is 0 Å². The van der Waals surface area contributed by atoms with E-state index in [1.807, 2.05) is 6.92 Å². The van der Waals surface area contributed by atoms with Gasteiger partial charge >= 0.3 is 11.9 Å². The first-order valence-electron chi connectivity index (χ1n) is 15.9. The summed E-state index contributed by atoms with van der Waals surface area (Å²) in [4.78, 5) is 25.6. The lowest BCUT2D eigenvalue weighted by atomic mass is 9.79. The Morgan fingerprint density at radius 1 is 0.667 bits per heavy atom. The lowest BCUT2D eigenvalue weighted by molar-refractivity contribution is -0.142. The molecule has 0 saturated carbocycles. The summed E-state index contributed by atoms with van der Waals surface area (Å²) in [6.45, 7) is 34.2. The molecule has 0 fully saturated rings. The molecule has 2 rings (SSSR count). The molecular weight excluding hydrogens is 601 g/mol. The molecule has 45 heavy (non-hydrogen) atoms. The highest BCUT2D eigenvalue weighted by atomic mass is 32.2. The summed E-state index contributed by atoms with van der Waals surface area (Å²) >= 11 is 3.53. The van der Waals surface area contributed by atoms with Crippen LogP contribution in [-0.2, 0) is 32.3 Å². The van der Waals surface area contributed by atoms with Crippen molar-refractivity contribution in [2.45, 2.75) is 160 Å². The summed E-state index contributed by atoms with van der Waals surface area (Å²) in [5.74, 6) is -0.627. The molecule has 254 valence electrons. The third-order valence-corrected chi connectivity index (χ3v) is 8.94. The van der Waals surface area contributed by atoms with E-state index in [1.54, 1.807) is 23.5 Å². The van der Waals surface area contributed by atoms with Crippen LogP contribution in [-0.4, -0.2) is 26.2 Å². The molecule has 0 amide bonds. The largest absolute Gasteiger partial charge is 0.507 e. The van der Waals surface area contributed by atoms with Gasteiger partial charge in [0, 0.05) is 26.5 Å². The topological polar surface area (TPSA) is 83.8 Å². The molecule has 2 aromatic rings. The van der Waals surface area contributed by atoms with Gasteiger partial charge in [0.05, 0.1) is 16.9 Å². The number of carboxylic acid groups (broad SMARTS) is 1. The van der Waals surface area contributed by atoms with Crippen molar-refractivity contribution in [3.05, 3.63) is 46.5 Å². The van der Waals surface area contributed by atoms with Gasteiger partial charge in [0.1, 0.15) is 11.5 Å². The Kier molecular flexibility index (Phi) is 13.8. The highest BCUT2D eigenvalue weighted by molar-refractivity contribution is 8.18. The van der Waals surface area contributed by atoms with Crippen LogP contribution < -0.4 is 4.74 Å². The van der Waals surface area contributed by atoms with Gasteiger partial charge in [0.25, 0.3) is 0 Å². The van der Waals surface area contributed by atoms with Crippen molar-refractivity contribution in [2.24, 2.45) is 5.41 Å². The van der Waals surface area contributed by atoms with Gasteiger partial charge in [-0.1, -0.05) is 96.9 Å². The van der Waals surface area contributed by atoms with Crippen molar-refractivity contribution >= 4 is 35.5 Å². The molecule has 5 nitrogen and oxygen atoms in total. The number of aryl methyl sites for hydroxylation is 1. The van der Waals surface area contributed by atoms with E-state index in [0.717, 1.165) is 32.0 Å². The number of ether oxygens (including phenoxy) is 1. The number of hydrogen-bond donors (Lipinski definition) is 2. The summed E-state index contributed by atoms with van der Waals surface area (Å²) in [5.41, 5.74) is 3.55. The number of carboxylic acids is 1. The van der Waals surface area contributed by atoms with E-state index in [-0.39, 0.29) is 33.2 Å². The molecule has 0 aliphatic rings. The van der Waals surface area contributed by atoms with Crippen molar-refractivity contribution in [1.29, 1.82) is 0 Å². The van der Waals surface area contributed by atoms with E-state index in [0.29, 0.717) is 23.3 Å². The average Bonchev–Trinajstić information content (AvgIpc) is 2.80. The molecule has 2 aromatic carbocycles. The zero-order valence-corrected chi connectivity index (χ0v) is 32.5. The van der Waals surface area contributed by atoms with Gasteiger partial charge in [-0.15, -0.1) is 23.5 Å². The van der Waals surface area contributed by atoms with Gasteiger partial charge < -0.3 is 14.9 Å². The van der Waals surface area contributed by atoms with Crippen molar-refractivity contribution in [1.82, 2.24) is 0 Å². The normalized spacial score (nSPS) is 12.8. The Labute approximate surface area is 282 Å². The van der Waals surface area contributed by atoms with Crippen molar-refractivity contribution in [3.63, 3.8) is 0 Å². The fraction of sp³-hybridized carbons (Fsp3) is 0.632. The number of carbonyl (C=O) groups is 2.